The van der Waals surface area contributed by atoms with Gasteiger partial charge in [0, 0.05) is 13.1 Å². The van der Waals surface area contributed by atoms with Crippen LogP contribution in [0, 0.1) is 5.92 Å². The molecular weight excluding hydrogens is 214 g/mol. The van der Waals surface area contributed by atoms with Crippen LogP contribution in [0.25, 0.3) is 0 Å². The van der Waals surface area contributed by atoms with Gasteiger partial charge in [-0.25, -0.2) is 0 Å². The zero-order chi connectivity index (χ0) is 12.9. The van der Waals surface area contributed by atoms with E-state index in [-0.39, 0.29) is 11.6 Å². The van der Waals surface area contributed by atoms with Crippen molar-refractivity contribution < 1.29 is 9.53 Å². The maximum atomic E-state index is 11.6. The topological polar surface area (TPSA) is 29.5 Å². The minimum Gasteiger partial charge on any atom is -0.460 e. The molecule has 0 aromatic rings. The van der Waals surface area contributed by atoms with Gasteiger partial charge in [0.25, 0.3) is 0 Å². The van der Waals surface area contributed by atoms with E-state index in [1.165, 1.54) is 12.8 Å². The molecule has 3 nitrogen and oxygen atoms in total. The van der Waals surface area contributed by atoms with Gasteiger partial charge in [0.2, 0.25) is 0 Å². The predicted octanol–water partition coefficient (Wildman–Crippen LogP) is 2.84. The van der Waals surface area contributed by atoms with Crippen molar-refractivity contribution in [1.29, 1.82) is 0 Å². The van der Waals surface area contributed by atoms with Crippen LogP contribution in [-0.4, -0.2) is 36.1 Å². The van der Waals surface area contributed by atoms with Crippen molar-refractivity contribution in [2.75, 3.05) is 19.6 Å². The maximum Gasteiger partial charge on any atom is 0.307 e. The van der Waals surface area contributed by atoms with E-state index in [9.17, 15) is 4.79 Å². The Labute approximate surface area is 106 Å². The Morgan fingerprint density at radius 2 is 1.94 bits per heavy atom. The molecule has 0 N–H and O–H groups in total. The molecule has 0 spiro atoms. The molecule has 1 rings (SSSR count). The predicted molar refractivity (Wildman–Crippen MR) is 69.9 cm³/mol. The summed E-state index contributed by atoms with van der Waals surface area (Å²) in [5, 5.41) is 0. The third kappa shape index (κ3) is 7.37. The lowest BCUT2D eigenvalue weighted by Crippen LogP contribution is -2.31. The van der Waals surface area contributed by atoms with Crippen molar-refractivity contribution in [3.05, 3.63) is 0 Å². The van der Waals surface area contributed by atoms with E-state index in [2.05, 4.69) is 11.8 Å². The summed E-state index contributed by atoms with van der Waals surface area (Å²) in [5.41, 5.74) is -0.358. The molecule has 1 fully saturated rings. The van der Waals surface area contributed by atoms with Crippen LogP contribution in [0.3, 0.4) is 0 Å². The largest absolute Gasteiger partial charge is 0.460 e. The monoisotopic (exact) mass is 241 g/mol. The van der Waals surface area contributed by atoms with Crippen molar-refractivity contribution >= 4 is 5.97 Å². The van der Waals surface area contributed by atoms with E-state index in [1.807, 2.05) is 20.8 Å². The van der Waals surface area contributed by atoms with Gasteiger partial charge < -0.3 is 9.64 Å². The van der Waals surface area contributed by atoms with Gasteiger partial charge in [0.1, 0.15) is 5.60 Å². The van der Waals surface area contributed by atoms with Crippen LogP contribution in [0.2, 0.25) is 0 Å². The number of rotatable bonds is 7. The molecule has 17 heavy (non-hydrogen) atoms. The van der Waals surface area contributed by atoms with Crippen LogP contribution in [0.15, 0.2) is 0 Å². The fourth-order valence-corrected chi connectivity index (χ4v) is 1.92. The zero-order valence-corrected chi connectivity index (χ0v) is 11.8. The summed E-state index contributed by atoms with van der Waals surface area (Å²) in [6.07, 6.45) is 4.41. The summed E-state index contributed by atoms with van der Waals surface area (Å²) < 4.78 is 5.32. The van der Waals surface area contributed by atoms with Crippen LogP contribution in [0.5, 0.6) is 0 Å². The van der Waals surface area contributed by atoms with Crippen LogP contribution >= 0.6 is 0 Å². The molecule has 0 unspecified atom stereocenters. The highest BCUT2D eigenvalue weighted by Crippen LogP contribution is 2.29. The van der Waals surface area contributed by atoms with E-state index in [0.717, 1.165) is 32.0 Å². The smallest absolute Gasteiger partial charge is 0.307 e. The average Bonchev–Trinajstić information content (AvgIpc) is 2.95. The van der Waals surface area contributed by atoms with Gasteiger partial charge in [0.15, 0.2) is 0 Å². The summed E-state index contributed by atoms with van der Waals surface area (Å²) in [5.74, 6) is 0.814. The highest BCUT2D eigenvalue weighted by atomic mass is 16.6. The van der Waals surface area contributed by atoms with E-state index < -0.39 is 0 Å². The first-order valence-electron chi connectivity index (χ1n) is 6.85. The molecular formula is C14H27NO2. The Morgan fingerprint density at radius 1 is 1.29 bits per heavy atom. The Kier molecular flexibility index (Phi) is 5.44. The molecule has 0 aliphatic heterocycles. The van der Waals surface area contributed by atoms with Crippen molar-refractivity contribution in [2.45, 2.75) is 59.0 Å². The van der Waals surface area contributed by atoms with E-state index in [4.69, 9.17) is 4.74 Å². The Morgan fingerprint density at radius 3 is 2.41 bits per heavy atom. The lowest BCUT2D eigenvalue weighted by atomic mass is 10.2. The third-order valence-corrected chi connectivity index (χ3v) is 2.81. The average molecular weight is 241 g/mol. The minimum atomic E-state index is -0.358. The molecule has 0 bridgehead atoms. The Balaban J connectivity index is 2.22. The van der Waals surface area contributed by atoms with Gasteiger partial charge in [-0.3, -0.25) is 4.79 Å². The van der Waals surface area contributed by atoms with Crippen LogP contribution in [0.4, 0.5) is 0 Å². The first kappa shape index (κ1) is 14.5. The van der Waals surface area contributed by atoms with Gasteiger partial charge in [0.05, 0.1) is 6.42 Å². The van der Waals surface area contributed by atoms with E-state index in [0.29, 0.717) is 6.42 Å². The fourth-order valence-electron chi connectivity index (χ4n) is 1.92. The lowest BCUT2D eigenvalue weighted by Gasteiger charge is -2.23. The molecule has 0 radical (unpaired) electrons. The number of nitrogens with zero attached hydrogens (tertiary/aromatic N) is 1. The molecule has 0 saturated heterocycles. The molecule has 0 atom stereocenters. The van der Waals surface area contributed by atoms with Crippen molar-refractivity contribution in [2.24, 2.45) is 5.92 Å². The molecule has 1 aliphatic carbocycles. The summed E-state index contributed by atoms with van der Waals surface area (Å²) in [7, 11) is 0. The zero-order valence-electron chi connectivity index (χ0n) is 11.8. The van der Waals surface area contributed by atoms with E-state index in [1.54, 1.807) is 0 Å². The highest BCUT2D eigenvalue weighted by Gasteiger charge is 2.24. The number of carbonyl (C=O) groups is 1. The van der Waals surface area contributed by atoms with Crippen LogP contribution in [0.1, 0.15) is 53.4 Å². The number of ether oxygens (including phenoxy) is 1. The quantitative estimate of drug-likeness (QED) is 0.642. The standard InChI is InChI=1S/C14H27NO2/c1-5-9-15(11-12-6-7-12)10-8-13(16)17-14(2,3)4/h12H,5-11H2,1-4H3. The number of hydrogen-bond donors (Lipinski definition) is 0. The molecule has 1 aliphatic rings. The first-order chi connectivity index (χ1) is 7.90. The second kappa shape index (κ2) is 6.39. The summed E-state index contributed by atoms with van der Waals surface area (Å²) in [4.78, 5) is 14.0. The van der Waals surface area contributed by atoms with Crippen molar-refractivity contribution in [3.63, 3.8) is 0 Å². The second-order valence-corrected chi connectivity index (χ2v) is 6.08. The fraction of sp³-hybridized carbons (Fsp3) is 0.929. The SMILES string of the molecule is CCCN(CCC(=O)OC(C)(C)C)CC1CC1. The molecule has 1 saturated carbocycles. The summed E-state index contributed by atoms with van der Waals surface area (Å²) in [6.45, 7) is 11.0. The Bertz CT molecular complexity index is 241. The van der Waals surface area contributed by atoms with Gasteiger partial charge in [-0.15, -0.1) is 0 Å². The first-order valence-corrected chi connectivity index (χ1v) is 6.85. The maximum absolute atomic E-state index is 11.6. The van der Waals surface area contributed by atoms with E-state index >= 15 is 0 Å². The summed E-state index contributed by atoms with van der Waals surface area (Å²) >= 11 is 0. The van der Waals surface area contributed by atoms with Gasteiger partial charge in [-0.2, -0.15) is 0 Å². The molecule has 0 aromatic carbocycles. The third-order valence-electron chi connectivity index (χ3n) is 2.81. The molecule has 0 amide bonds. The molecule has 0 heterocycles. The van der Waals surface area contributed by atoms with Crippen molar-refractivity contribution in [3.8, 4) is 0 Å². The lowest BCUT2D eigenvalue weighted by molar-refractivity contribution is -0.155. The minimum absolute atomic E-state index is 0.0746. The molecule has 0 aromatic heterocycles. The summed E-state index contributed by atoms with van der Waals surface area (Å²) in [6, 6.07) is 0. The van der Waals surface area contributed by atoms with Gasteiger partial charge in [-0.1, -0.05) is 6.92 Å². The number of carbonyl (C=O) groups excluding carboxylic acids is 1. The van der Waals surface area contributed by atoms with Crippen LogP contribution in [-0.2, 0) is 9.53 Å². The highest BCUT2D eigenvalue weighted by molar-refractivity contribution is 5.70. The van der Waals surface area contributed by atoms with Gasteiger partial charge >= 0.3 is 5.97 Å². The van der Waals surface area contributed by atoms with Crippen LogP contribution < -0.4 is 0 Å². The molecule has 100 valence electrons. The molecule has 3 heteroatoms. The van der Waals surface area contributed by atoms with Gasteiger partial charge in [-0.05, 0) is 52.5 Å². The normalized spacial score (nSPS) is 16.3. The number of esters is 1. The second-order valence-electron chi connectivity index (χ2n) is 6.08. The number of hydrogen-bond acceptors (Lipinski definition) is 3. The van der Waals surface area contributed by atoms with Crippen molar-refractivity contribution in [1.82, 2.24) is 4.90 Å². The Hall–Kier alpha value is -0.570.